The van der Waals surface area contributed by atoms with Crippen LogP contribution in [0.15, 0.2) is 12.4 Å². The molecule has 2 aliphatic rings. The second kappa shape index (κ2) is 5.04. The number of nitrogens with one attached hydrogen (secondary N) is 1. The van der Waals surface area contributed by atoms with Gasteiger partial charge in [-0.2, -0.15) is 9.40 Å². The molecule has 2 unspecified atom stereocenters. The fourth-order valence-corrected chi connectivity index (χ4v) is 5.11. The van der Waals surface area contributed by atoms with Crippen LogP contribution in [0.5, 0.6) is 0 Å². The van der Waals surface area contributed by atoms with Crippen molar-refractivity contribution in [1.82, 2.24) is 14.1 Å². The van der Waals surface area contributed by atoms with Crippen molar-refractivity contribution in [3.8, 4) is 0 Å². The van der Waals surface area contributed by atoms with E-state index in [2.05, 4.69) is 17.3 Å². The summed E-state index contributed by atoms with van der Waals surface area (Å²) < 4.78 is 27.3. The fraction of sp³-hybridized carbons (Fsp3) is 0.769. The van der Waals surface area contributed by atoms with E-state index in [4.69, 9.17) is 0 Å². The molecule has 2 bridgehead atoms. The first-order valence-corrected chi connectivity index (χ1v) is 9.09. The van der Waals surface area contributed by atoms with Crippen LogP contribution in [0.3, 0.4) is 0 Å². The lowest BCUT2D eigenvalue weighted by atomic mass is 10.00. The van der Waals surface area contributed by atoms with Crippen molar-refractivity contribution in [1.29, 1.82) is 0 Å². The Morgan fingerprint density at radius 3 is 2.50 bits per heavy atom. The van der Waals surface area contributed by atoms with Gasteiger partial charge < -0.3 is 5.32 Å². The minimum atomic E-state index is -3.07. The van der Waals surface area contributed by atoms with E-state index in [1.54, 1.807) is 4.31 Å². The van der Waals surface area contributed by atoms with Crippen LogP contribution in [0.4, 0.5) is 5.69 Å². The van der Waals surface area contributed by atoms with Gasteiger partial charge in [-0.25, -0.2) is 8.42 Å². The van der Waals surface area contributed by atoms with Crippen LogP contribution in [0.25, 0.3) is 0 Å². The maximum atomic E-state index is 11.8. The Morgan fingerprint density at radius 1 is 1.35 bits per heavy atom. The molecule has 2 aliphatic heterocycles. The largest absolute Gasteiger partial charge is 0.380 e. The highest BCUT2D eigenvalue weighted by Crippen LogP contribution is 2.38. The molecule has 0 spiro atoms. The zero-order valence-corrected chi connectivity index (χ0v) is 12.8. The van der Waals surface area contributed by atoms with Crippen molar-refractivity contribution in [2.75, 3.05) is 11.6 Å². The normalized spacial score (nSPS) is 30.6. The Bertz CT molecular complexity index is 569. The third-order valence-corrected chi connectivity index (χ3v) is 5.74. The van der Waals surface area contributed by atoms with E-state index in [1.165, 1.54) is 6.26 Å². The van der Waals surface area contributed by atoms with Gasteiger partial charge >= 0.3 is 0 Å². The lowest BCUT2D eigenvalue weighted by molar-refractivity contribution is 0.236. The summed E-state index contributed by atoms with van der Waals surface area (Å²) in [5.74, 6) is 0. The second-order valence-corrected chi connectivity index (χ2v) is 7.76. The molecule has 2 fully saturated rings. The van der Waals surface area contributed by atoms with E-state index in [1.807, 2.05) is 17.1 Å². The van der Waals surface area contributed by atoms with E-state index < -0.39 is 10.0 Å². The number of fused-ring (bicyclic) bond motifs is 2. The van der Waals surface area contributed by atoms with Crippen LogP contribution in [-0.4, -0.2) is 46.9 Å². The summed E-state index contributed by atoms with van der Waals surface area (Å²) in [6.45, 7) is 2.92. The van der Waals surface area contributed by atoms with Gasteiger partial charge in [-0.15, -0.1) is 0 Å². The molecule has 0 aromatic carbocycles. The van der Waals surface area contributed by atoms with Gasteiger partial charge in [0, 0.05) is 30.9 Å². The van der Waals surface area contributed by atoms with Crippen LogP contribution in [-0.2, 0) is 16.6 Å². The van der Waals surface area contributed by atoms with Gasteiger partial charge in [0.1, 0.15) is 0 Å². The molecular formula is C13H22N4O2S. The smallest absolute Gasteiger partial charge is 0.211 e. The van der Waals surface area contributed by atoms with E-state index in [9.17, 15) is 8.42 Å². The van der Waals surface area contributed by atoms with Gasteiger partial charge in [-0.1, -0.05) is 0 Å². The predicted octanol–water partition coefficient (Wildman–Crippen LogP) is 1.27. The molecule has 3 rings (SSSR count). The SMILES string of the molecule is CCn1cc(NC2CC3CCC(C2)N3S(C)(=O)=O)cn1. The van der Waals surface area contributed by atoms with Crippen molar-refractivity contribution < 1.29 is 8.42 Å². The zero-order chi connectivity index (χ0) is 14.3. The van der Waals surface area contributed by atoms with Crippen molar-refractivity contribution >= 4 is 15.7 Å². The van der Waals surface area contributed by atoms with Gasteiger partial charge in [-0.05, 0) is 32.6 Å². The molecule has 6 nitrogen and oxygen atoms in total. The Kier molecular flexibility index (Phi) is 3.50. The number of piperidine rings is 1. The topological polar surface area (TPSA) is 67.2 Å². The number of aromatic nitrogens is 2. The molecule has 1 N–H and O–H groups in total. The summed E-state index contributed by atoms with van der Waals surface area (Å²) in [6.07, 6.45) is 8.94. The fourth-order valence-electron chi connectivity index (χ4n) is 3.64. The van der Waals surface area contributed by atoms with Crippen LogP contribution in [0.1, 0.15) is 32.6 Å². The Balaban J connectivity index is 1.68. The van der Waals surface area contributed by atoms with Crippen molar-refractivity contribution in [3.63, 3.8) is 0 Å². The summed E-state index contributed by atoms with van der Waals surface area (Å²) in [5, 5.41) is 7.76. The number of rotatable bonds is 4. The number of aryl methyl sites for hydroxylation is 1. The lowest BCUT2D eigenvalue weighted by Crippen LogP contribution is -2.49. The zero-order valence-electron chi connectivity index (χ0n) is 12.0. The third-order valence-electron chi connectivity index (χ3n) is 4.38. The maximum Gasteiger partial charge on any atom is 0.211 e. The van der Waals surface area contributed by atoms with Crippen molar-refractivity contribution in [2.24, 2.45) is 0 Å². The van der Waals surface area contributed by atoms with Gasteiger partial charge in [-0.3, -0.25) is 4.68 Å². The highest BCUT2D eigenvalue weighted by Gasteiger charge is 2.45. The Hall–Kier alpha value is -1.08. The summed E-state index contributed by atoms with van der Waals surface area (Å²) in [5.41, 5.74) is 1.03. The summed E-state index contributed by atoms with van der Waals surface area (Å²) in [6, 6.07) is 0.685. The van der Waals surface area contributed by atoms with E-state index in [0.29, 0.717) is 6.04 Å². The number of anilines is 1. The number of hydrogen-bond acceptors (Lipinski definition) is 4. The first kappa shape index (κ1) is 13.9. The number of sulfonamides is 1. The van der Waals surface area contributed by atoms with E-state index >= 15 is 0 Å². The molecule has 7 heteroatoms. The third kappa shape index (κ3) is 2.56. The van der Waals surface area contributed by atoms with Crippen molar-refractivity contribution in [2.45, 2.75) is 57.3 Å². The van der Waals surface area contributed by atoms with E-state index in [0.717, 1.165) is 37.9 Å². The predicted molar refractivity (Wildman–Crippen MR) is 78.0 cm³/mol. The molecule has 0 saturated carbocycles. The van der Waals surface area contributed by atoms with Crippen LogP contribution in [0, 0.1) is 0 Å². The average Bonchev–Trinajstić information content (AvgIpc) is 2.92. The van der Waals surface area contributed by atoms with E-state index in [-0.39, 0.29) is 12.1 Å². The van der Waals surface area contributed by atoms with Crippen LogP contribution >= 0.6 is 0 Å². The lowest BCUT2D eigenvalue weighted by Gasteiger charge is -2.37. The minimum absolute atomic E-state index is 0.169. The van der Waals surface area contributed by atoms with Gasteiger partial charge in [0.15, 0.2) is 0 Å². The monoisotopic (exact) mass is 298 g/mol. The first-order chi connectivity index (χ1) is 9.47. The first-order valence-electron chi connectivity index (χ1n) is 7.25. The molecule has 112 valence electrons. The quantitative estimate of drug-likeness (QED) is 0.909. The molecule has 2 saturated heterocycles. The minimum Gasteiger partial charge on any atom is -0.380 e. The molecule has 1 aromatic rings. The summed E-state index contributed by atoms with van der Waals surface area (Å²) >= 11 is 0. The molecule has 0 aliphatic carbocycles. The Morgan fingerprint density at radius 2 is 2.00 bits per heavy atom. The van der Waals surface area contributed by atoms with Crippen LogP contribution < -0.4 is 5.32 Å². The summed E-state index contributed by atoms with van der Waals surface area (Å²) in [7, 11) is -3.07. The maximum absolute atomic E-state index is 11.8. The van der Waals surface area contributed by atoms with Crippen LogP contribution in [0.2, 0.25) is 0 Å². The molecule has 3 heterocycles. The molecule has 2 atom stereocenters. The van der Waals surface area contributed by atoms with Crippen molar-refractivity contribution in [3.05, 3.63) is 12.4 Å². The van der Waals surface area contributed by atoms with Gasteiger partial charge in [0.25, 0.3) is 0 Å². The second-order valence-electron chi connectivity index (χ2n) is 5.88. The Labute approximate surface area is 120 Å². The molecular weight excluding hydrogens is 276 g/mol. The molecule has 20 heavy (non-hydrogen) atoms. The summed E-state index contributed by atoms with van der Waals surface area (Å²) in [4.78, 5) is 0. The molecule has 0 amide bonds. The van der Waals surface area contributed by atoms with Gasteiger partial charge in [0.05, 0.1) is 18.1 Å². The highest BCUT2D eigenvalue weighted by molar-refractivity contribution is 7.88. The highest BCUT2D eigenvalue weighted by atomic mass is 32.2. The molecule has 0 radical (unpaired) electrons. The average molecular weight is 298 g/mol. The number of nitrogens with zero attached hydrogens (tertiary/aromatic N) is 3. The standard InChI is InChI=1S/C13H22N4O2S/c1-3-16-9-11(8-14-16)15-10-6-12-4-5-13(7-10)17(12)20(2,18)19/h8-10,12-13,15H,3-7H2,1-2H3. The molecule has 1 aromatic heterocycles. The number of hydrogen-bond donors (Lipinski definition) is 1. The van der Waals surface area contributed by atoms with Gasteiger partial charge in [0.2, 0.25) is 10.0 Å².